The SMILES string of the molecule is CC[C@H](C)[C@H](NC(=O)[C@@H](N)CC(N)=O)C(=O)N[C@H](C(=O)N1CCC[C@H]1C(=O)N[C@@H](C)C(=O)N1CCC[C@H]1C(=O)N[C@H](C(=O)O)[C@@H](C)O)[C@@H](C)CC. The molecule has 51 heavy (non-hydrogen) atoms. The number of hydrogen-bond acceptors (Lipinski definition) is 10. The van der Waals surface area contributed by atoms with E-state index in [1.165, 1.54) is 23.6 Å². The molecule has 0 aromatic rings. The van der Waals surface area contributed by atoms with E-state index in [1.807, 2.05) is 13.8 Å². The van der Waals surface area contributed by atoms with Crippen LogP contribution in [0.2, 0.25) is 0 Å². The van der Waals surface area contributed by atoms with Gasteiger partial charge in [0.25, 0.3) is 0 Å². The number of aliphatic hydroxyl groups excluding tert-OH is 1. The van der Waals surface area contributed by atoms with Crippen molar-refractivity contribution in [2.24, 2.45) is 23.3 Å². The molecule has 0 spiro atoms. The first-order chi connectivity index (χ1) is 23.9. The van der Waals surface area contributed by atoms with E-state index in [0.29, 0.717) is 32.1 Å². The highest BCUT2D eigenvalue weighted by atomic mass is 16.4. The Kier molecular flexibility index (Phi) is 16.2. The second kappa shape index (κ2) is 19.3. The van der Waals surface area contributed by atoms with Crippen LogP contribution in [0.5, 0.6) is 0 Å². The molecule has 0 saturated carbocycles. The number of carboxylic acid groups (broad SMARTS) is 1. The Bertz CT molecular complexity index is 1310. The fourth-order valence-corrected chi connectivity index (χ4v) is 6.24. The zero-order valence-electron chi connectivity index (χ0n) is 30.3. The number of nitrogens with two attached hydrogens (primary N) is 2. The van der Waals surface area contributed by atoms with Crippen molar-refractivity contribution in [2.75, 3.05) is 13.1 Å². The Morgan fingerprint density at radius 3 is 1.65 bits per heavy atom. The van der Waals surface area contributed by atoms with Crippen molar-refractivity contribution in [3.8, 4) is 0 Å². The number of hydrogen-bond donors (Lipinski definition) is 8. The monoisotopic (exact) mass is 724 g/mol. The summed E-state index contributed by atoms with van der Waals surface area (Å²) in [5.74, 6) is -6.72. The molecule has 0 aliphatic carbocycles. The number of aliphatic hydroxyl groups is 1. The quantitative estimate of drug-likeness (QED) is 0.0743. The predicted molar refractivity (Wildman–Crippen MR) is 183 cm³/mol. The maximum atomic E-state index is 14.0. The number of amides is 7. The summed E-state index contributed by atoms with van der Waals surface area (Å²) in [6.07, 6.45) is 0.707. The molecule has 0 aromatic heterocycles. The van der Waals surface area contributed by atoms with E-state index in [0.717, 1.165) is 0 Å². The van der Waals surface area contributed by atoms with E-state index in [1.54, 1.807) is 13.8 Å². The average Bonchev–Trinajstić information content (AvgIpc) is 3.77. The summed E-state index contributed by atoms with van der Waals surface area (Å²) < 4.78 is 0. The standard InChI is InChI=1S/C33H56N8O10/c1-7-16(3)24(37-27(44)20(34)15-23(35)43)30(47)38-25(17(4)8-2)32(49)41-14-10-11-21(41)28(45)36-18(5)31(48)40-13-9-12-22(40)29(46)39-26(19(6)42)33(50)51/h16-22,24-26,42H,7-15,34H2,1-6H3,(H2,35,43)(H,36,45)(H,37,44)(H,38,47)(H,39,46)(H,50,51)/t16-,17-,18-,19+,20-,21-,22-,24-,25-,26-/m0/s1. The number of carbonyl (C=O) groups excluding carboxylic acids is 7. The van der Waals surface area contributed by atoms with Crippen LogP contribution in [0.4, 0.5) is 0 Å². The molecule has 2 aliphatic heterocycles. The molecular weight excluding hydrogens is 668 g/mol. The Morgan fingerprint density at radius 1 is 0.706 bits per heavy atom. The van der Waals surface area contributed by atoms with Crippen molar-refractivity contribution in [1.29, 1.82) is 0 Å². The average molecular weight is 725 g/mol. The van der Waals surface area contributed by atoms with Crippen LogP contribution in [0.3, 0.4) is 0 Å². The lowest BCUT2D eigenvalue weighted by molar-refractivity contribution is -0.147. The third-order valence-electron chi connectivity index (χ3n) is 9.78. The topological polar surface area (TPSA) is 284 Å². The third kappa shape index (κ3) is 11.3. The zero-order valence-corrected chi connectivity index (χ0v) is 30.3. The number of likely N-dealkylation sites (tertiary alicyclic amines) is 2. The highest BCUT2D eigenvalue weighted by Gasteiger charge is 2.43. The molecular formula is C33H56N8O10. The molecule has 2 rings (SSSR count). The van der Waals surface area contributed by atoms with E-state index < -0.39 is 102 Å². The van der Waals surface area contributed by atoms with Crippen LogP contribution in [0, 0.1) is 11.8 Å². The van der Waals surface area contributed by atoms with Crippen LogP contribution in [-0.4, -0.2) is 129 Å². The molecule has 10 atom stereocenters. The van der Waals surface area contributed by atoms with Crippen LogP contribution in [0.1, 0.15) is 86.5 Å². The van der Waals surface area contributed by atoms with E-state index in [2.05, 4.69) is 21.3 Å². The third-order valence-corrected chi connectivity index (χ3v) is 9.78. The van der Waals surface area contributed by atoms with Crippen LogP contribution in [0.15, 0.2) is 0 Å². The minimum absolute atomic E-state index is 0.197. The van der Waals surface area contributed by atoms with Crippen molar-refractivity contribution in [3.05, 3.63) is 0 Å². The van der Waals surface area contributed by atoms with Gasteiger partial charge >= 0.3 is 5.97 Å². The number of nitrogens with zero attached hydrogens (tertiary/aromatic N) is 2. The molecule has 10 N–H and O–H groups in total. The fourth-order valence-electron chi connectivity index (χ4n) is 6.24. The molecule has 0 unspecified atom stereocenters. The molecule has 0 radical (unpaired) electrons. The van der Waals surface area contributed by atoms with Gasteiger partial charge in [0.15, 0.2) is 6.04 Å². The number of rotatable bonds is 18. The van der Waals surface area contributed by atoms with Gasteiger partial charge in [0.2, 0.25) is 41.4 Å². The zero-order chi connectivity index (χ0) is 38.7. The largest absolute Gasteiger partial charge is 0.480 e. The fraction of sp³-hybridized carbons (Fsp3) is 0.758. The number of carbonyl (C=O) groups is 8. The van der Waals surface area contributed by atoms with Gasteiger partial charge in [-0.2, -0.15) is 0 Å². The summed E-state index contributed by atoms with van der Waals surface area (Å²) >= 11 is 0. The predicted octanol–water partition coefficient (Wildman–Crippen LogP) is -2.31. The number of carboxylic acids is 1. The molecule has 0 aromatic carbocycles. The molecule has 288 valence electrons. The lowest BCUT2D eigenvalue weighted by Gasteiger charge is -2.34. The second-order valence-corrected chi connectivity index (χ2v) is 13.7. The Balaban J connectivity index is 2.18. The molecule has 0 bridgehead atoms. The molecule has 2 fully saturated rings. The highest BCUT2D eigenvalue weighted by Crippen LogP contribution is 2.23. The Hall–Kier alpha value is -4.32. The molecule has 2 heterocycles. The van der Waals surface area contributed by atoms with Gasteiger partial charge < -0.3 is 52.7 Å². The van der Waals surface area contributed by atoms with Gasteiger partial charge in [-0.15, -0.1) is 0 Å². The van der Waals surface area contributed by atoms with Crippen molar-refractivity contribution >= 4 is 47.3 Å². The Labute approximate surface area is 298 Å². The summed E-state index contributed by atoms with van der Waals surface area (Å²) in [4.78, 5) is 106. The summed E-state index contributed by atoms with van der Waals surface area (Å²) in [5.41, 5.74) is 10.9. The minimum Gasteiger partial charge on any atom is -0.480 e. The van der Waals surface area contributed by atoms with Crippen LogP contribution in [0.25, 0.3) is 0 Å². The van der Waals surface area contributed by atoms with Gasteiger partial charge in [-0.1, -0.05) is 40.5 Å². The highest BCUT2D eigenvalue weighted by molar-refractivity contribution is 5.97. The van der Waals surface area contributed by atoms with Gasteiger partial charge in [0.1, 0.15) is 30.2 Å². The van der Waals surface area contributed by atoms with Gasteiger partial charge in [0.05, 0.1) is 18.6 Å². The van der Waals surface area contributed by atoms with Crippen molar-refractivity contribution in [2.45, 2.75) is 135 Å². The second-order valence-electron chi connectivity index (χ2n) is 13.7. The lowest BCUT2D eigenvalue weighted by atomic mass is 9.94. The minimum atomic E-state index is -1.56. The Morgan fingerprint density at radius 2 is 1.18 bits per heavy atom. The summed E-state index contributed by atoms with van der Waals surface area (Å²) in [6, 6.07) is -8.01. The van der Waals surface area contributed by atoms with Crippen molar-refractivity contribution in [1.82, 2.24) is 31.1 Å². The van der Waals surface area contributed by atoms with E-state index >= 15 is 0 Å². The number of aliphatic carboxylic acids is 1. The molecule has 7 amide bonds. The lowest BCUT2D eigenvalue weighted by Crippen LogP contribution is -2.61. The number of nitrogens with one attached hydrogen (secondary N) is 4. The molecule has 2 saturated heterocycles. The summed E-state index contributed by atoms with van der Waals surface area (Å²) in [7, 11) is 0. The van der Waals surface area contributed by atoms with E-state index in [4.69, 9.17) is 11.5 Å². The first-order valence-corrected chi connectivity index (χ1v) is 17.6. The molecule has 2 aliphatic rings. The summed E-state index contributed by atoms with van der Waals surface area (Å²) in [6.45, 7) is 10.3. The van der Waals surface area contributed by atoms with Crippen molar-refractivity contribution in [3.63, 3.8) is 0 Å². The van der Waals surface area contributed by atoms with Gasteiger partial charge in [-0.25, -0.2) is 4.79 Å². The van der Waals surface area contributed by atoms with Gasteiger partial charge in [0, 0.05) is 13.1 Å². The van der Waals surface area contributed by atoms with Gasteiger partial charge in [-0.05, 0) is 51.4 Å². The first kappa shape index (κ1) is 42.8. The maximum Gasteiger partial charge on any atom is 0.328 e. The smallest absolute Gasteiger partial charge is 0.328 e. The maximum absolute atomic E-state index is 14.0. The molecule has 18 nitrogen and oxygen atoms in total. The van der Waals surface area contributed by atoms with Crippen LogP contribution >= 0.6 is 0 Å². The first-order valence-electron chi connectivity index (χ1n) is 17.6. The molecule has 18 heteroatoms. The van der Waals surface area contributed by atoms with Crippen LogP contribution in [-0.2, 0) is 38.4 Å². The summed E-state index contributed by atoms with van der Waals surface area (Å²) in [5, 5.41) is 29.4. The van der Waals surface area contributed by atoms with Crippen molar-refractivity contribution < 1.29 is 48.6 Å². The van der Waals surface area contributed by atoms with E-state index in [-0.39, 0.29) is 31.3 Å². The van der Waals surface area contributed by atoms with E-state index in [9.17, 15) is 48.6 Å². The van der Waals surface area contributed by atoms with Crippen LogP contribution < -0.4 is 32.7 Å². The normalized spacial score (nSPS) is 22.0. The van der Waals surface area contributed by atoms with Gasteiger partial charge in [-0.3, -0.25) is 33.6 Å². The number of primary amides is 1.